The van der Waals surface area contributed by atoms with Crippen LogP contribution >= 0.6 is 22.9 Å². The summed E-state index contributed by atoms with van der Waals surface area (Å²) < 4.78 is 6.71. The van der Waals surface area contributed by atoms with E-state index in [1.54, 1.807) is 18.2 Å². The highest BCUT2D eigenvalue weighted by Crippen LogP contribution is 2.28. The molecule has 0 aliphatic carbocycles. The fourth-order valence-corrected chi connectivity index (χ4v) is 4.26. The van der Waals surface area contributed by atoms with Gasteiger partial charge in [0.15, 0.2) is 0 Å². The van der Waals surface area contributed by atoms with Gasteiger partial charge < -0.3 is 15.0 Å². The summed E-state index contributed by atoms with van der Waals surface area (Å²) >= 11 is 7.53. The number of aryl methyl sites for hydroxylation is 2. The van der Waals surface area contributed by atoms with E-state index in [-0.39, 0.29) is 18.0 Å². The van der Waals surface area contributed by atoms with Crippen LogP contribution in [0.4, 0.5) is 5.69 Å². The van der Waals surface area contributed by atoms with Gasteiger partial charge in [0.25, 0.3) is 5.56 Å². The number of halogens is 1. The minimum absolute atomic E-state index is 0.158. The highest BCUT2D eigenvalue weighted by Gasteiger charge is 2.19. The van der Waals surface area contributed by atoms with Crippen LogP contribution in [0.5, 0.6) is 5.75 Å². The van der Waals surface area contributed by atoms with Crippen molar-refractivity contribution in [2.45, 2.75) is 26.9 Å². The van der Waals surface area contributed by atoms with Crippen molar-refractivity contribution in [3.05, 3.63) is 49.8 Å². The smallest absolute Gasteiger partial charge is 0.263 e. The summed E-state index contributed by atoms with van der Waals surface area (Å²) in [5.41, 5.74) is 1.15. The Morgan fingerprint density at radius 1 is 1.34 bits per heavy atom. The van der Waals surface area contributed by atoms with Crippen LogP contribution in [0.2, 0.25) is 5.02 Å². The maximum Gasteiger partial charge on any atom is 0.263 e. The molecule has 0 spiro atoms. The summed E-state index contributed by atoms with van der Waals surface area (Å²) in [6.45, 7) is 4.16. The van der Waals surface area contributed by atoms with Crippen LogP contribution in [0.25, 0.3) is 10.2 Å². The second kappa shape index (κ2) is 8.52. The molecule has 0 radical (unpaired) electrons. The average Bonchev–Trinajstić information content (AvgIpc) is 2.92. The van der Waals surface area contributed by atoms with Gasteiger partial charge in [-0.1, -0.05) is 11.6 Å². The van der Waals surface area contributed by atoms with E-state index in [0.29, 0.717) is 39.0 Å². The number of fused-ring (bicyclic) bond motifs is 1. The highest BCUT2D eigenvalue weighted by molar-refractivity contribution is 7.18. The van der Waals surface area contributed by atoms with Crippen LogP contribution in [0, 0.1) is 13.8 Å². The number of rotatable bonds is 6. The van der Waals surface area contributed by atoms with E-state index in [4.69, 9.17) is 16.3 Å². The minimum atomic E-state index is -0.363. The molecule has 1 aromatic carbocycles. The zero-order valence-corrected chi connectivity index (χ0v) is 18.6. The SMILES string of the molecule is COc1ccc(Cl)cc1NC(=O)Cn1c(CN(C)C)nc2sc(C)c(C)c2c1=O. The lowest BCUT2D eigenvalue weighted by molar-refractivity contribution is -0.116. The van der Waals surface area contributed by atoms with Gasteiger partial charge in [-0.25, -0.2) is 4.98 Å². The van der Waals surface area contributed by atoms with Crippen molar-refractivity contribution in [3.8, 4) is 5.75 Å². The lowest BCUT2D eigenvalue weighted by Crippen LogP contribution is -2.33. The fraction of sp³-hybridized carbons (Fsp3) is 0.350. The number of carbonyl (C=O) groups is 1. The molecular formula is C20H23ClN4O3S. The first-order valence-electron chi connectivity index (χ1n) is 8.98. The molecule has 9 heteroatoms. The third-order valence-electron chi connectivity index (χ3n) is 4.56. The van der Waals surface area contributed by atoms with Crippen molar-refractivity contribution in [2.75, 3.05) is 26.5 Å². The summed E-state index contributed by atoms with van der Waals surface area (Å²) in [6.07, 6.45) is 0. The van der Waals surface area contributed by atoms with Gasteiger partial charge in [0.2, 0.25) is 5.91 Å². The molecule has 0 saturated heterocycles. The molecule has 0 bridgehead atoms. The summed E-state index contributed by atoms with van der Waals surface area (Å²) in [5, 5.41) is 3.82. The molecule has 0 fully saturated rings. The molecule has 0 unspecified atom stereocenters. The summed E-state index contributed by atoms with van der Waals surface area (Å²) in [6, 6.07) is 4.96. The number of nitrogens with one attached hydrogen (secondary N) is 1. The van der Waals surface area contributed by atoms with E-state index < -0.39 is 0 Å². The number of aromatic nitrogens is 2. The van der Waals surface area contributed by atoms with E-state index in [2.05, 4.69) is 10.3 Å². The van der Waals surface area contributed by atoms with Gasteiger partial charge in [0, 0.05) is 9.90 Å². The molecule has 7 nitrogen and oxygen atoms in total. The molecule has 0 aliphatic heterocycles. The molecule has 2 aromatic heterocycles. The molecule has 0 aliphatic rings. The van der Waals surface area contributed by atoms with Gasteiger partial charge in [-0.05, 0) is 51.7 Å². The van der Waals surface area contributed by atoms with Crippen LogP contribution in [0.15, 0.2) is 23.0 Å². The summed E-state index contributed by atoms with van der Waals surface area (Å²) in [7, 11) is 5.29. The fourth-order valence-electron chi connectivity index (χ4n) is 3.05. The van der Waals surface area contributed by atoms with Crippen LogP contribution in [0.1, 0.15) is 16.3 Å². The summed E-state index contributed by atoms with van der Waals surface area (Å²) in [4.78, 5) is 34.3. The molecule has 154 valence electrons. The normalized spacial score (nSPS) is 11.3. The first-order chi connectivity index (χ1) is 13.7. The Kier molecular flexibility index (Phi) is 6.26. The predicted molar refractivity (Wildman–Crippen MR) is 117 cm³/mol. The standard InChI is InChI=1S/C20H23ClN4O3S/c1-11-12(2)29-19-18(11)20(27)25(16(23-19)9-24(3)4)10-17(26)22-14-8-13(21)6-7-15(14)28-5/h6-8H,9-10H2,1-5H3,(H,22,26). The number of amides is 1. The predicted octanol–water partition coefficient (Wildman–Crippen LogP) is 3.44. The van der Waals surface area contributed by atoms with Crippen molar-refractivity contribution in [3.63, 3.8) is 0 Å². The second-order valence-corrected chi connectivity index (χ2v) is 8.65. The number of hydrogen-bond donors (Lipinski definition) is 1. The maximum atomic E-state index is 13.2. The summed E-state index contributed by atoms with van der Waals surface area (Å²) in [5.74, 6) is 0.668. The lowest BCUT2D eigenvalue weighted by Gasteiger charge is -2.16. The molecule has 3 aromatic rings. The van der Waals surface area contributed by atoms with Crippen LogP contribution in [0.3, 0.4) is 0 Å². The molecule has 1 amide bonds. The second-order valence-electron chi connectivity index (χ2n) is 7.01. The third-order valence-corrected chi connectivity index (χ3v) is 5.90. The van der Waals surface area contributed by atoms with Gasteiger partial charge in [0.05, 0.1) is 24.7 Å². The first-order valence-corrected chi connectivity index (χ1v) is 10.2. The number of anilines is 1. The van der Waals surface area contributed by atoms with E-state index in [1.165, 1.54) is 23.0 Å². The maximum absolute atomic E-state index is 13.2. The molecular weight excluding hydrogens is 412 g/mol. The first kappa shape index (κ1) is 21.3. The molecule has 1 N–H and O–H groups in total. The Morgan fingerprint density at radius 3 is 2.72 bits per heavy atom. The van der Waals surface area contributed by atoms with Crippen molar-refractivity contribution in [1.29, 1.82) is 0 Å². The van der Waals surface area contributed by atoms with E-state index in [1.807, 2.05) is 32.8 Å². The number of methoxy groups -OCH3 is 1. The Labute approximate surface area is 177 Å². The van der Waals surface area contributed by atoms with Crippen molar-refractivity contribution in [1.82, 2.24) is 14.5 Å². The largest absolute Gasteiger partial charge is 0.495 e. The van der Waals surface area contributed by atoms with Gasteiger partial charge in [-0.15, -0.1) is 11.3 Å². The Balaban J connectivity index is 2.01. The molecule has 29 heavy (non-hydrogen) atoms. The number of ether oxygens (including phenoxy) is 1. The Hall–Kier alpha value is -2.42. The van der Waals surface area contributed by atoms with Gasteiger partial charge in [0.1, 0.15) is 22.9 Å². The monoisotopic (exact) mass is 434 g/mol. The zero-order chi connectivity index (χ0) is 21.3. The third kappa shape index (κ3) is 4.44. The molecule has 0 atom stereocenters. The highest BCUT2D eigenvalue weighted by atomic mass is 35.5. The van der Waals surface area contributed by atoms with Gasteiger partial charge in [-0.3, -0.25) is 14.2 Å². The minimum Gasteiger partial charge on any atom is -0.495 e. The number of thiophene rings is 1. The Morgan fingerprint density at radius 2 is 2.07 bits per heavy atom. The average molecular weight is 435 g/mol. The number of benzene rings is 1. The van der Waals surface area contributed by atoms with Crippen LogP contribution in [-0.4, -0.2) is 41.6 Å². The van der Waals surface area contributed by atoms with Crippen molar-refractivity contribution < 1.29 is 9.53 Å². The van der Waals surface area contributed by atoms with Crippen LogP contribution in [-0.2, 0) is 17.9 Å². The van der Waals surface area contributed by atoms with E-state index in [9.17, 15) is 9.59 Å². The van der Waals surface area contributed by atoms with Crippen molar-refractivity contribution in [2.24, 2.45) is 0 Å². The molecule has 3 rings (SSSR count). The number of nitrogens with zero attached hydrogens (tertiary/aromatic N) is 3. The zero-order valence-electron chi connectivity index (χ0n) is 17.0. The lowest BCUT2D eigenvalue weighted by atomic mass is 10.2. The van der Waals surface area contributed by atoms with E-state index in [0.717, 1.165) is 10.4 Å². The van der Waals surface area contributed by atoms with E-state index >= 15 is 0 Å². The van der Waals surface area contributed by atoms with Crippen LogP contribution < -0.4 is 15.6 Å². The number of carbonyl (C=O) groups excluding carboxylic acids is 1. The molecule has 2 heterocycles. The van der Waals surface area contributed by atoms with Crippen molar-refractivity contribution >= 4 is 44.7 Å². The quantitative estimate of drug-likeness (QED) is 0.643. The van der Waals surface area contributed by atoms with Gasteiger partial charge in [-0.2, -0.15) is 0 Å². The molecule has 0 saturated carbocycles. The number of hydrogen-bond acceptors (Lipinski definition) is 6. The van der Waals surface area contributed by atoms with Gasteiger partial charge >= 0.3 is 0 Å². The topological polar surface area (TPSA) is 76.5 Å². The Bertz CT molecular complexity index is 1140.